The zero-order chi connectivity index (χ0) is 65.5. The summed E-state index contributed by atoms with van der Waals surface area (Å²) < 4.78 is 28.1. The van der Waals surface area contributed by atoms with Crippen molar-refractivity contribution in [3.8, 4) is 23.0 Å². The summed E-state index contributed by atoms with van der Waals surface area (Å²) in [6.45, 7) is 11.8. The molecule has 0 N–H and O–H groups in total. The van der Waals surface area contributed by atoms with E-state index in [2.05, 4.69) is 39.8 Å². The molecule has 534 valence electrons. The van der Waals surface area contributed by atoms with E-state index in [-0.39, 0.29) is 0 Å². The van der Waals surface area contributed by atoms with Crippen LogP contribution in [0.2, 0.25) is 10.0 Å². The van der Waals surface area contributed by atoms with E-state index in [1.54, 1.807) is 0 Å². The zero-order valence-corrected chi connectivity index (χ0v) is 63.3. The van der Waals surface area contributed by atoms with Crippen LogP contribution in [-0.4, -0.2) is 26.4 Å². The molecule has 0 bridgehead atoms. The molecule has 3 aromatic carbocycles. The predicted molar refractivity (Wildman–Crippen MR) is 412 cm³/mol. The van der Waals surface area contributed by atoms with Crippen molar-refractivity contribution in [1.82, 2.24) is 0 Å². The van der Waals surface area contributed by atoms with Gasteiger partial charge in [-0.05, 0) is 49.9 Å². The molecular weight excluding hydrogens is 1170 g/mol. The molecule has 0 saturated heterocycles. The van der Waals surface area contributed by atoms with Crippen LogP contribution in [0.3, 0.4) is 0 Å². The van der Waals surface area contributed by atoms with Crippen LogP contribution in [0.15, 0.2) is 24.3 Å². The van der Waals surface area contributed by atoms with Gasteiger partial charge in [-0.1, -0.05) is 436 Å². The maximum absolute atomic E-state index is 7.12. The third-order valence-corrected chi connectivity index (χ3v) is 20.9. The monoisotopic (exact) mass is 1320 g/mol. The molecule has 0 atom stereocenters. The van der Waals surface area contributed by atoms with Crippen molar-refractivity contribution >= 4 is 44.7 Å². The quantitative estimate of drug-likeness (QED) is 0.0417. The van der Waals surface area contributed by atoms with E-state index in [1.165, 1.54) is 372 Å². The topological polar surface area (TPSA) is 36.9 Å². The molecular formula is C86H152Cl2O4. The molecule has 0 fully saturated rings. The molecule has 6 heteroatoms. The Hall–Kier alpha value is -2.04. The number of rotatable bonds is 72. The lowest BCUT2D eigenvalue weighted by molar-refractivity contribution is 0.290. The number of hydrogen-bond acceptors (Lipinski definition) is 4. The summed E-state index contributed by atoms with van der Waals surface area (Å²) in [5.74, 6) is 3.33. The van der Waals surface area contributed by atoms with Crippen LogP contribution >= 0.6 is 23.2 Å². The van der Waals surface area contributed by atoms with Crippen molar-refractivity contribution in [2.75, 3.05) is 26.4 Å². The highest BCUT2D eigenvalue weighted by Crippen LogP contribution is 2.52. The van der Waals surface area contributed by atoms with Gasteiger partial charge in [-0.15, -0.1) is 0 Å². The number of hydrogen-bond donors (Lipinski definition) is 0. The van der Waals surface area contributed by atoms with Gasteiger partial charge in [-0.2, -0.15) is 0 Å². The highest BCUT2D eigenvalue weighted by molar-refractivity contribution is 6.43. The van der Waals surface area contributed by atoms with E-state index in [0.29, 0.717) is 36.5 Å². The van der Waals surface area contributed by atoms with Crippen molar-refractivity contribution in [3.05, 3.63) is 34.3 Å². The summed E-state index contributed by atoms with van der Waals surface area (Å²) in [7, 11) is 0. The molecule has 0 saturated carbocycles. The highest BCUT2D eigenvalue weighted by Gasteiger charge is 2.25. The van der Waals surface area contributed by atoms with Crippen LogP contribution in [-0.2, 0) is 0 Å². The van der Waals surface area contributed by atoms with Gasteiger partial charge in [0.2, 0.25) is 0 Å². The van der Waals surface area contributed by atoms with Crippen molar-refractivity contribution < 1.29 is 18.9 Å². The van der Waals surface area contributed by atoms with Crippen LogP contribution in [0.4, 0.5) is 0 Å². The van der Waals surface area contributed by atoms with Gasteiger partial charge < -0.3 is 18.9 Å². The second kappa shape index (κ2) is 63.7. The first kappa shape index (κ1) is 84.2. The van der Waals surface area contributed by atoms with Crippen molar-refractivity contribution in [2.24, 2.45) is 0 Å². The first-order chi connectivity index (χ1) is 45.6. The van der Waals surface area contributed by atoms with Crippen molar-refractivity contribution in [2.45, 2.75) is 439 Å². The maximum Gasteiger partial charge on any atom is 0.139 e. The molecule has 3 aromatic rings. The minimum absolute atomic E-state index is 0.529. The van der Waals surface area contributed by atoms with E-state index in [4.69, 9.17) is 42.1 Å². The molecule has 0 spiro atoms. The third kappa shape index (κ3) is 44.0. The predicted octanol–water partition coefficient (Wildman–Crippen LogP) is 31.9. The second-order valence-electron chi connectivity index (χ2n) is 28.9. The third-order valence-electron chi connectivity index (χ3n) is 20.1. The summed E-state index contributed by atoms with van der Waals surface area (Å²) in [6, 6.07) is 8.35. The minimum Gasteiger partial charge on any atom is -0.493 e. The molecule has 0 aromatic heterocycles. The van der Waals surface area contributed by atoms with Gasteiger partial charge in [-0.25, -0.2) is 0 Å². The molecule has 4 nitrogen and oxygen atoms in total. The van der Waals surface area contributed by atoms with Gasteiger partial charge in [0.1, 0.15) is 23.0 Å². The van der Waals surface area contributed by atoms with Crippen LogP contribution in [0.5, 0.6) is 23.0 Å². The number of ether oxygens (including phenoxy) is 4. The average Bonchev–Trinajstić information content (AvgIpc) is 0.735. The summed E-state index contributed by atoms with van der Waals surface area (Å²) in [4.78, 5) is 0. The van der Waals surface area contributed by atoms with Crippen LogP contribution in [0.25, 0.3) is 21.5 Å². The Kier molecular flexibility index (Phi) is 58.3. The lowest BCUT2D eigenvalue weighted by Crippen LogP contribution is -2.06. The van der Waals surface area contributed by atoms with Crippen molar-refractivity contribution in [3.63, 3.8) is 0 Å². The summed E-state index contributed by atoms with van der Waals surface area (Å²) in [6.07, 6.45) is 86.4. The van der Waals surface area contributed by atoms with Crippen LogP contribution in [0.1, 0.15) is 439 Å². The highest BCUT2D eigenvalue weighted by atomic mass is 35.5. The van der Waals surface area contributed by atoms with Gasteiger partial charge in [0.15, 0.2) is 0 Å². The van der Waals surface area contributed by atoms with E-state index >= 15 is 0 Å². The lowest BCUT2D eigenvalue weighted by Gasteiger charge is -2.22. The van der Waals surface area contributed by atoms with Crippen LogP contribution < -0.4 is 18.9 Å². The zero-order valence-electron chi connectivity index (χ0n) is 61.8. The Morgan fingerprint density at radius 2 is 0.359 bits per heavy atom. The smallest absolute Gasteiger partial charge is 0.139 e. The fraction of sp³-hybridized carbons (Fsp3) is 0.837. The summed E-state index contributed by atoms with van der Waals surface area (Å²) in [5, 5.41) is 4.84. The minimum atomic E-state index is 0.529. The number of fused-ring (bicyclic) bond motifs is 2. The standard InChI is InChI=1S/C86H152Cl2O4/c1-5-9-13-17-21-25-29-33-37-41-45-49-53-57-61-65-71-89-81-69-70-82(90-72-66-62-58-54-50-46-42-38-34-30-26-22-18-14-10-6-2)84-83(81)85(91-73-67-63-59-55-51-47-43-39-35-31-27-23-19-15-11-7-3)77-75-79(87)80(88)76-78(77)86(84)92-74-68-64-60-56-52-48-44-40-36-32-28-24-20-16-12-8-4/h69-70,75-76H,5-68,71-74H2,1-4H3. The summed E-state index contributed by atoms with van der Waals surface area (Å²) in [5.41, 5.74) is 0. The average molecular weight is 1320 g/mol. The van der Waals surface area contributed by atoms with E-state index in [0.717, 1.165) is 83.1 Å². The lowest BCUT2D eigenvalue weighted by atomic mass is 9.98. The number of benzene rings is 3. The molecule has 0 unspecified atom stereocenters. The van der Waals surface area contributed by atoms with Gasteiger partial charge in [-0.3, -0.25) is 0 Å². The fourth-order valence-corrected chi connectivity index (χ4v) is 14.4. The van der Waals surface area contributed by atoms with Gasteiger partial charge >= 0.3 is 0 Å². The fourth-order valence-electron chi connectivity index (χ4n) is 14.1. The molecule has 0 radical (unpaired) electrons. The molecule has 0 aliphatic rings. The van der Waals surface area contributed by atoms with E-state index in [1.807, 2.05) is 12.1 Å². The second-order valence-corrected chi connectivity index (χ2v) is 29.7. The molecule has 0 heterocycles. The maximum atomic E-state index is 7.12. The van der Waals surface area contributed by atoms with E-state index in [9.17, 15) is 0 Å². The van der Waals surface area contributed by atoms with Gasteiger partial charge in [0.05, 0.1) is 47.2 Å². The Labute approximate surface area is 582 Å². The normalized spacial score (nSPS) is 11.7. The first-order valence-corrected chi connectivity index (χ1v) is 42.2. The van der Waals surface area contributed by atoms with Crippen LogP contribution in [0, 0.1) is 0 Å². The van der Waals surface area contributed by atoms with Gasteiger partial charge in [0, 0.05) is 10.8 Å². The molecule has 0 aliphatic carbocycles. The Balaban J connectivity index is 1.72. The number of unbranched alkanes of at least 4 members (excludes halogenated alkanes) is 60. The number of halogens is 2. The largest absolute Gasteiger partial charge is 0.493 e. The molecule has 3 rings (SSSR count). The van der Waals surface area contributed by atoms with Crippen molar-refractivity contribution in [1.29, 1.82) is 0 Å². The first-order valence-electron chi connectivity index (χ1n) is 41.5. The molecule has 92 heavy (non-hydrogen) atoms. The SMILES string of the molecule is CCCCCCCCCCCCCCCCCCOc1ccc(OCCCCCCCCCCCCCCCCCC)c2c(OCCCCCCCCCCCCCCCCCC)c3cc(Cl)c(Cl)cc3c(OCCCCCCCCCCCCCCCCCC)c12. The Morgan fingerprint density at radius 3 is 0.533 bits per heavy atom. The van der Waals surface area contributed by atoms with Gasteiger partial charge in [0.25, 0.3) is 0 Å². The molecule has 0 aliphatic heterocycles. The Bertz CT molecular complexity index is 1920. The summed E-state index contributed by atoms with van der Waals surface area (Å²) >= 11 is 14.0. The molecule has 0 amide bonds. The van der Waals surface area contributed by atoms with E-state index < -0.39 is 0 Å². The Morgan fingerprint density at radius 1 is 0.207 bits per heavy atom.